The Balaban J connectivity index is 1.89. The molecule has 2 aromatic carbocycles. The number of aromatic nitrogens is 4. The number of fused-ring (bicyclic) bond motifs is 2. The Kier molecular flexibility index (Phi) is 3.78. The molecule has 0 radical (unpaired) electrons. The van der Waals surface area contributed by atoms with E-state index in [0.717, 1.165) is 36.9 Å². The van der Waals surface area contributed by atoms with Gasteiger partial charge in [0.1, 0.15) is 16.6 Å². The highest BCUT2D eigenvalue weighted by molar-refractivity contribution is 9.11. The standard InChI is InChI=1S/C16H10Br2N6/c17-12-8(19)7-11(15-16(12)23-6-5-22-15)24-9-1-2-10-14(13(9)18)21-4-3-20-10/h1-7,24H,19H2. The zero-order chi connectivity index (χ0) is 16.7. The summed E-state index contributed by atoms with van der Waals surface area (Å²) in [6.07, 6.45) is 6.62. The Labute approximate surface area is 153 Å². The van der Waals surface area contributed by atoms with Crippen LogP contribution in [0.2, 0.25) is 0 Å². The van der Waals surface area contributed by atoms with E-state index in [0.29, 0.717) is 11.2 Å². The SMILES string of the molecule is Nc1cc(Nc2ccc3nccnc3c2Br)c2nccnc2c1Br. The lowest BCUT2D eigenvalue weighted by atomic mass is 10.2. The fourth-order valence-corrected chi connectivity index (χ4v) is 3.40. The number of hydrogen-bond acceptors (Lipinski definition) is 6. The van der Waals surface area contributed by atoms with Gasteiger partial charge < -0.3 is 11.1 Å². The number of halogens is 2. The third kappa shape index (κ3) is 2.47. The van der Waals surface area contributed by atoms with Crippen molar-refractivity contribution in [3.05, 3.63) is 51.9 Å². The van der Waals surface area contributed by atoms with E-state index in [1.165, 1.54) is 0 Å². The second kappa shape index (κ2) is 5.95. The summed E-state index contributed by atoms with van der Waals surface area (Å²) in [7, 11) is 0. The lowest BCUT2D eigenvalue weighted by Crippen LogP contribution is -1.99. The quantitative estimate of drug-likeness (QED) is 0.444. The van der Waals surface area contributed by atoms with Gasteiger partial charge in [-0.05, 0) is 50.1 Å². The predicted molar refractivity (Wildman–Crippen MR) is 102 cm³/mol. The number of nitrogen functional groups attached to an aromatic ring is 1. The van der Waals surface area contributed by atoms with Crippen LogP contribution in [0, 0.1) is 0 Å². The lowest BCUT2D eigenvalue weighted by molar-refractivity contribution is 1.28. The number of nitrogens with one attached hydrogen (secondary N) is 1. The van der Waals surface area contributed by atoms with Crippen LogP contribution in [0.1, 0.15) is 0 Å². The molecule has 0 saturated heterocycles. The number of nitrogens with zero attached hydrogens (tertiary/aromatic N) is 4. The molecule has 24 heavy (non-hydrogen) atoms. The largest absolute Gasteiger partial charge is 0.398 e. The molecule has 0 unspecified atom stereocenters. The minimum absolute atomic E-state index is 0.585. The number of nitrogens with two attached hydrogens (primary N) is 1. The van der Waals surface area contributed by atoms with E-state index < -0.39 is 0 Å². The number of hydrogen-bond donors (Lipinski definition) is 2. The Morgan fingerprint density at radius 2 is 1.42 bits per heavy atom. The van der Waals surface area contributed by atoms with Crippen LogP contribution in [0.3, 0.4) is 0 Å². The van der Waals surface area contributed by atoms with Crippen molar-refractivity contribution in [2.75, 3.05) is 11.1 Å². The third-order valence-electron chi connectivity index (χ3n) is 3.56. The maximum Gasteiger partial charge on any atom is 0.113 e. The Morgan fingerprint density at radius 1 is 0.750 bits per heavy atom. The molecule has 0 spiro atoms. The van der Waals surface area contributed by atoms with E-state index in [4.69, 9.17) is 5.73 Å². The maximum atomic E-state index is 6.08. The highest BCUT2D eigenvalue weighted by atomic mass is 79.9. The van der Waals surface area contributed by atoms with Gasteiger partial charge in [-0.2, -0.15) is 0 Å². The molecule has 3 N–H and O–H groups in total. The molecule has 0 fully saturated rings. The molecule has 2 heterocycles. The zero-order valence-electron chi connectivity index (χ0n) is 12.2. The Bertz CT molecular complexity index is 1080. The maximum absolute atomic E-state index is 6.08. The first-order valence-electron chi connectivity index (χ1n) is 7.00. The van der Waals surface area contributed by atoms with Gasteiger partial charge in [-0.1, -0.05) is 0 Å². The van der Waals surface area contributed by atoms with Crippen molar-refractivity contribution in [2.45, 2.75) is 0 Å². The first-order valence-corrected chi connectivity index (χ1v) is 8.58. The minimum Gasteiger partial charge on any atom is -0.398 e. The zero-order valence-corrected chi connectivity index (χ0v) is 15.3. The van der Waals surface area contributed by atoms with Crippen molar-refractivity contribution in [1.29, 1.82) is 0 Å². The summed E-state index contributed by atoms with van der Waals surface area (Å²) >= 11 is 7.06. The molecule has 0 atom stereocenters. The highest BCUT2D eigenvalue weighted by Crippen LogP contribution is 2.36. The highest BCUT2D eigenvalue weighted by Gasteiger charge is 2.13. The second-order valence-corrected chi connectivity index (χ2v) is 6.64. The van der Waals surface area contributed by atoms with Crippen LogP contribution in [0.15, 0.2) is 51.9 Å². The molecule has 2 aromatic heterocycles. The van der Waals surface area contributed by atoms with Crippen LogP contribution in [0.5, 0.6) is 0 Å². The van der Waals surface area contributed by atoms with Crippen LogP contribution in [0.25, 0.3) is 22.1 Å². The van der Waals surface area contributed by atoms with Crippen molar-refractivity contribution >= 4 is 71.0 Å². The molecule has 0 bridgehead atoms. The molecular weight excluding hydrogens is 436 g/mol. The monoisotopic (exact) mass is 444 g/mol. The average Bonchev–Trinajstić information content (AvgIpc) is 2.62. The smallest absolute Gasteiger partial charge is 0.113 e. The van der Waals surface area contributed by atoms with E-state index in [2.05, 4.69) is 57.1 Å². The molecule has 8 heteroatoms. The van der Waals surface area contributed by atoms with E-state index in [1.54, 1.807) is 24.8 Å². The van der Waals surface area contributed by atoms with Crippen LogP contribution in [-0.4, -0.2) is 19.9 Å². The summed E-state index contributed by atoms with van der Waals surface area (Å²) in [4.78, 5) is 17.4. The molecule has 0 amide bonds. The second-order valence-electron chi connectivity index (χ2n) is 5.06. The van der Waals surface area contributed by atoms with Gasteiger partial charge in [-0.3, -0.25) is 19.9 Å². The first kappa shape index (κ1) is 15.2. The summed E-state index contributed by atoms with van der Waals surface area (Å²) in [5, 5.41) is 3.36. The van der Waals surface area contributed by atoms with Gasteiger partial charge in [0, 0.05) is 24.8 Å². The van der Waals surface area contributed by atoms with Crippen molar-refractivity contribution < 1.29 is 0 Å². The fraction of sp³-hybridized carbons (Fsp3) is 0. The molecule has 118 valence electrons. The summed E-state index contributed by atoms with van der Waals surface area (Å²) in [5.41, 5.74) is 11.3. The van der Waals surface area contributed by atoms with E-state index >= 15 is 0 Å². The number of rotatable bonds is 2. The minimum atomic E-state index is 0.585. The van der Waals surface area contributed by atoms with Crippen LogP contribution in [-0.2, 0) is 0 Å². The predicted octanol–water partition coefficient (Wildman–Crippen LogP) is 4.42. The van der Waals surface area contributed by atoms with Gasteiger partial charge in [-0.15, -0.1) is 0 Å². The molecule has 4 aromatic rings. The number of anilines is 3. The molecule has 0 aliphatic heterocycles. The summed E-state index contributed by atoms with van der Waals surface area (Å²) in [6, 6.07) is 5.67. The number of benzene rings is 2. The first-order chi connectivity index (χ1) is 11.6. The van der Waals surface area contributed by atoms with E-state index in [9.17, 15) is 0 Å². The van der Waals surface area contributed by atoms with Gasteiger partial charge in [0.2, 0.25) is 0 Å². The van der Waals surface area contributed by atoms with Gasteiger partial charge in [0.25, 0.3) is 0 Å². The fourth-order valence-electron chi connectivity index (χ4n) is 2.46. The van der Waals surface area contributed by atoms with Gasteiger partial charge in [0.15, 0.2) is 0 Å². The van der Waals surface area contributed by atoms with Crippen molar-refractivity contribution in [3.63, 3.8) is 0 Å². The van der Waals surface area contributed by atoms with Gasteiger partial charge in [-0.25, -0.2) is 0 Å². The molecule has 0 saturated carbocycles. The van der Waals surface area contributed by atoms with E-state index in [1.807, 2.05) is 18.2 Å². The molecule has 6 nitrogen and oxygen atoms in total. The molecule has 4 rings (SSSR count). The van der Waals surface area contributed by atoms with Crippen molar-refractivity contribution in [3.8, 4) is 0 Å². The van der Waals surface area contributed by atoms with E-state index in [-0.39, 0.29) is 0 Å². The van der Waals surface area contributed by atoms with Crippen LogP contribution in [0.4, 0.5) is 17.1 Å². The van der Waals surface area contributed by atoms with Crippen molar-refractivity contribution in [1.82, 2.24) is 19.9 Å². The summed E-state index contributed by atoms with van der Waals surface area (Å²) in [6.45, 7) is 0. The Hall–Kier alpha value is -2.32. The average molecular weight is 446 g/mol. The molecule has 0 aliphatic rings. The van der Waals surface area contributed by atoms with Crippen molar-refractivity contribution in [2.24, 2.45) is 0 Å². The third-order valence-corrected chi connectivity index (χ3v) is 5.20. The summed E-state index contributed by atoms with van der Waals surface area (Å²) < 4.78 is 1.56. The Morgan fingerprint density at radius 3 is 2.21 bits per heavy atom. The van der Waals surface area contributed by atoms with Gasteiger partial charge >= 0.3 is 0 Å². The molecule has 0 aliphatic carbocycles. The van der Waals surface area contributed by atoms with Crippen LogP contribution < -0.4 is 11.1 Å². The van der Waals surface area contributed by atoms with Gasteiger partial charge in [0.05, 0.1) is 31.5 Å². The summed E-state index contributed by atoms with van der Waals surface area (Å²) in [5.74, 6) is 0. The lowest BCUT2D eigenvalue weighted by Gasteiger charge is -2.13. The topological polar surface area (TPSA) is 89.6 Å². The molecular formula is C16H10Br2N6. The van der Waals surface area contributed by atoms with Crippen LogP contribution >= 0.6 is 31.9 Å². The normalized spacial score (nSPS) is 11.1.